The van der Waals surface area contributed by atoms with Crippen molar-refractivity contribution in [3.8, 4) is 0 Å². The molecule has 1 heterocycles. The molecule has 0 aromatic heterocycles. The minimum atomic E-state index is 0.287. The number of fused-ring (bicyclic) bond motifs is 1. The van der Waals surface area contributed by atoms with Gasteiger partial charge in [-0.3, -0.25) is 0 Å². The molecule has 0 spiro atoms. The number of methoxy groups -OCH3 is 1. The summed E-state index contributed by atoms with van der Waals surface area (Å²) in [5.74, 6) is 0.814. The van der Waals surface area contributed by atoms with Gasteiger partial charge in [0, 0.05) is 32.2 Å². The maximum atomic E-state index is 8.93. The maximum absolute atomic E-state index is 8.93. The van der Waals surface area contributed by atoms with Crippen LogP contribution in [-0.2, 0) is 4.74 Å². The van der Waals surface area contributed by atoms with Crippen LogP contribution in [-0.4, -0.2) is 50.0 Å². The fourth-order valence-electron chi connectivity index (χ4n) is 3.36. The Bertz CT molecular complexity index is 198. The van der Waals surface area contributed by atoms with Crippen molar-refractivity contribution in [3.63, 3.8) is 0 Å². The lowest BCUT2D eigenvalue weighted by molar-refractivity contribution is 0.0691. The van der Waals surface area contributed by atoms with E-state index in [1.165, 1.54) is 25.8 Å². The van der Waals surface area contributed by atoms with Gasteiger partial charge in [0.15, 0.2) is 0 Å². The summed E-state index contributed by atoms with van der Waals surface area (Å²) in [7, 11) is 1.80. The Balaban J connectivity index is 1.99. The van der Waals surface area contributed by atoms with Crippen LogP contribution >= 0.6 is 0 Å². The summed E-state index contributed by atoms with van der Waals surface area (Å²) in [4.78, 5) is 2.39. The average Bonchev–Trinajstić information content (AvgIpc) is 2.61. The Hall–Kier alpha value is -0.120. The third-order valence-electron chi connectivity index (χ3n) is 3.96. The van der Waals surface area contributed by atoms with E-state index in [0.29, 0.717) is 5.41 Å². The molecule has 0 aromatic rings. The van der Waals surface area contributed by atoms with Crippen molar-refractivity contribution in [1.29, 1.82) is 0 Å². The summed E-state index contributed by atoms with van der Waals surface area (Å²) in [6.07, 6.45) is 4.03. The first-order valence-electron chi connectivity index (χ1n) is 5.63. The zero-order chi connectivity index (χ0) is 10.0. The number of aliphatic hydroxyl groups excluding tert-OH is 1. The number of rotatable bonds is 4. The normalized spacial score (nSPS) is 37.7. The summed E-state index contributed by atoms with van der Waals surface area (Å²) in [5, 5.41) is 8.93. The largest absolute Gasteiger partial charge is 0.395 e. The van der Waals surface area contributed by atoms with Crippen LogP contribution < -0.4 is 0 Å². The highest BCUT2D eigenvalue weighted by atomic mass is 16.5. The van der Waals surface area contributed by atoms with E-state index >= 15 is 0 Å². The Morgan fingerprint density at radius 2 is 2.43 bits per heavy atom. The molecule has 0 unspecified atom stereocenters. The van der Waals surface area contributed by atoms with Gasteiger partial charge in [0.1, 0.15) is 0 Å². The smallest absolute Gasteiger partial charge is 0.0558 e. The van der Waals surface area contributed by atoms with Crippen LogP contribution in [0.5, 0.6) is 0 Å². The molecule has 1 N–H and O–H groups in total. The highest BCUT2D eigenvalue weighted by Crippen LogP contribution is 2.48. The molecule has 1 saturated carbocycles. The lowest BCUT2D eigenvalue weighted by Crippen LogP contribution is -2.32. The molecule has 82 valence electrons. The van der Waals surface area contributed by atoms with E-state index in [4.69, 9.17) is 9.84 Å². The number of likely N-dealkylation sites (tertiary alicyclic amines) is 1. The van der Waals surface area contributed by atoms with Gasteiger partial charge in [-0.2, -0.15) is 0 Å². The van der Waals surface area contributed by atoms with Crippen LogP contribution in [0.3, 0.4) is 0 Å². The topological polar surface area (TPSA) is 32.7 Å². The second-order valence-electron chi connectivity index (χ2n) is 4.84. The van der Waals surface area contributed by atoms with Crippen molar-refractivity contribution in [2.45, 2.75) is 19.3 Å². The molecule has 14 heavy (non-hydrogen) atoms. The van der Waals surface area contributed by atoms with Gasteiger partial charge in [-0.15, -0.1) is 0 Å². The van der Waals surface area contributed by atoms with Gasteiger partial charge in [0.2, 0.25) is 0 Å². The molecule has 0 amide bonds. The van der Waals surface area contributed by atoms with Crippen molar-refractivity contribution >= 4 is 0 Å². The Kier molecular flexibility index (Phi) is 3.10. The molecule has 2 atom stereocenters. The van der Waals surface area contributed by atoms with E-state index in [0.717, 1.165) is 25.6 Å². The minimum absolute atomic E-state index is 0.287. The zero-order valence-corrected chi connectivity index (χ0v) is 9.04. The van der Waals surface area contributed by atoms with Crippen molar-refractivity contribution in [3.05, 3.63) is 0 Å². The third-order valence-corrected chi connectivity index (χ3v) is 3.96. The Morgan fingerprint density at radius 1 is 1.57 bits per heavy atom. The molecule has 2 aliphatic rings. The van der Waals surface area contributed by atoms with Crippen LogP contribution in [0.15, 0.2) is 0 Å². The summed E-state index contributed by atoms with van der Waals surface area (Å²) < 4.78 is 5.37. The van der Waals surface area contributed by atoms with Crippen molar-refractivity contribution in [2.24, 2.45) is 11.3 Å². The molecule has 2 rings (SSSR count). The molecule has 1 aliphatic carbocycles. The second-order valence-corrected chi connectivity index (χ2v) is 4.84. The molecule has 0 radical (unpaired) electrons. The van der Waals surface area contributed by atoms with E-state index in [1.807, 2.05) is 0 Å². The lowest BCUT2D eigenvalue weighted by Gasteiger charge is -2.27. The molecule has 1 saturated heterocycles. The number of nitrogens with zero attached hydrogens (tertiary/aromatic N) is 1. The van der Waals surface area contributed by atoms with Crippen molar-refractivity contribution in [2.75, 3.05) is 40.0 Å². The predicted molar refractivity (Wildman–Crippen MR) is 55.2 cm³/mol. The molecular weight excluding hydrogens is 178 g/mol. The molecule has 3 heteroatoms. The van der Waals surface area contributed by atoms with Crippen LogP contribution in [0, 0.1) is 11.3 Å². The van der Waals surface area contributed by atoms with Crippen molar-refractivity contribution in [1.82, 2.24) is 4.90 Å². The monoisotopic (exact) mass is 199 g/mol. The summed E-state index contributed by atoms with van der Waals surface area (Å²) in [6.45, 7) is 4.33. The standard InChI is InChI=1S/C11H21NO2/c1-14-9-11-4-2-3-10(11)7-12(8-11)5-6-13/h10,13H,2-9H2,1H3/t10-,11+/m1/s1. The second kappa shape index (κ2) is 4.17. The molecule has 0 aromatic carbocycles. The van der Waals surface area contributed by atoms with Gasteiger partial charge in [-0.05, 0) is 18.8 Å². The van der Waals surface area contributed by atoms with Gasteiger partial charge < -0.3 is 14.7 Å². The van der Waals surface area contributed by atoms with Crippen LogP contribution in [0.4, 0.5) is 0 Å². The number of β-amino-alcohol motifs (C(OH)–C–C–N with tert-alkyl or cyclic N) is 1. The van der Waals surface area contributed by atoms with Crippen LogP contribution in [0.1, 0.15) is 19.3 Å². The highest BCUT2D eigenvalue weighted by Gasteiger charge is 2.48. The first-order chi connectivity index (χ1) is 6.80. The van der Waals surface area contributed by atoms with Gasteiger partial charge in [0.25, 0.3) is 0 Å². The van der Waals surface area contributed by atoms with E-state index in [-0.39, 0.29) is 6.61 Å². The van der Waals surface area contributed by atoms with Gasteiger partial charge >= 0.3 is 0 Å². The molecule has 2 fully saturated rings. The Labute approximate surface area is 86.0 Å². The molecular formula is C11H21NO2. The SMILES string of the molecule is COC[C@@]12CCC[C@@H]1CN(CCO)C2. The van der Waals surface area contributed by atoms with Crippen LogP contribution in [0.25, 0.3) is 0 Å². The number of aliphatic hydroxyl groups is 1. The van der Waals surface area contributed by atoms with Gasteiger partial charge in [0.05, 0.1) is 13.2 Å². The minimum Gasteiger partial charge on any atom is -0.395 e. The maximum Gasteiger partial charge on any atom is 0.0558 e. The average molecular weight is 199 g/mol. The van der Waals surface area contributed by atoms with E-state index in [2.05, 4.69) is 4.90 Å². The van der Waals surface area contributed by atoms with Crippen molar-refractivity contribution < 1.29 is 9.84 Å². The third kappa shape index (κ3) is 1.69. The Morgan fingerprint density at radius 3 is 3.14 bits per heavy atom. The molecule has 1 aliphatic heterocycles. The number of hydrogen-bond acceptors (Lipinski definition) is 3. The van der Waals surface area contributed by atoms with E-state index in [9.17, 15) is 0 Å². The van der Waals surface area contributed by atoms with E-state index in [1.54, 1.807) is 7.11 Å². The summed E-state index contributed by atoms with van der Waals surface area (Å²) in [5.41, 5.74) is 0.421. The quantitative estimate of drug-likeness (QED) is 0.724. The number of hydrogen-bond donors (Lipinski definition) is 1. The highest BCUT2D eigenvalue weighted by molar-refractivity contribution is 5.00. The fourth-order valence-corrected chi connectivity index (χ4v) is 3.36. The molecule has 0 bridgehead atoms. The molecule has 3 nitrogen and oxygen atoms in total. The first-order valence-corrected chi connectivity index (χ1v) is 5.63. The zero-order valence-electron chi connectivity index (χ0n) is 9.04. The van der Waals surface area contributed by atoms with Crippen LogP contribution in [0.2, 0.25) is 0 Å². The summed E-state index contributed by atoms with van der Waals surface area (Å²) in [6, 6.07) is 0. The van der Waals surface area contributed by atoms with Gasteiger partial charge in [-0.1, -0.05) is 6.42 Å². The summed E-state index contributed by atoms with van der Waals surface area (Å²) >= 11 is 0. The lowest BCUT2D eigenvalue weighted by atomic mass is 9.82. The van der Waals surface area contributed by atoms with Gasteiger partial charge in [-0.25, -0.2) is 0 Å². The fraction of sp³-hybridized carbons (Fsp3) is 1.00. The first kappa shape index (κ1) is 10.4. The van der Waals surface area contributed by atoms with E-state index < -0.39 is 0 Å². The predicted octanol–water partition coefficient (Wildman–Crippen LogP) is 0.727. The number of ether oxygens (including phenoxy) is 1.